The van der Waals surface area contributed by atoms with Gasteiger partial charge in [-0.25, -0.2) is 13.6 Å². The van der Waals surface area contributed by atoms with Gasteiger partial charge in [0.15, 0.2) is 11.6 Å². The molecule has 2 aromatic carbocycles. The molecule has 1 amide bonds. The van der Waals surface area contributed by atoms with Crippen molar-refractivity contribution in [3.8, 4) is 0 Å². The molecular weight excluding hydrogens is 431 g/mol. The van der Waals surface area contributed by atoms with Crippen LogP contribution in [0.1, 0.15) is 11.1 Å². The number of benzene rings is 2. The van der Waals surface area contributed by atoms with Gasteiger partial charge in [-0.3, -0.25) is 4.79 Å². The molecule has 2 aromatic rings. The van der Waals surface area contributed by atoms with Gasteiger partial charge < -0.3 is 10.4 Å². The van der Waals surface area contributed by atoms with Gasteiger partial charge in [-0.1, -0.05) is 18.2 Å². The summed E-state index contributed by atoms with van der Waals surface area (Å²) in [4.78, 5) is 23.3. The number of halogens is 3. The van der Waals surface area contributed by atoms with E-state index < -0.39 is 29.6 Å². The molecule has 0 bridgehead atoms. The molecule has 2 rings (SSSR count). The van der Waals surface area contributed by atoms with Gasteiger partial charge in [0.2, 0.25) is 5.91 Å². The van der Waals surface area contributed by atoms with Gasteiger partial charge in [0.25, 0.3) is 0 Å². The smallest absolute Gasteiger partial charge is 0.326 e. The van der Waals surface area contributed by atoms with Crippen molar-refractivity contribution in [2.24, 2.45) is 0 Å². The van der Waals surface area contributed by atoms with Gasteiger partial charge >= 0.3 is 5.97 Å². The van der Waals surface area contributed by atoms with Crippen LogP contribution in [-0.2, 0) is 22.4 Å². The molecule has 0 saturated heterocycles. The van der Waals surface area contributed by atoms with Gasteiger partial charge in [0.05, 0.1) is 6.42 Å². The molecule has 0 aliphatic rings. The van der Waals surface area contributed by atoms with E-state index in [-0.39, 0.29) is 18.4 Å². The van der Waals surface area contributed by atoms with Crippen molar-refractivity contribution in [1.82, 2.24) is 5.32 Å². The van der Waals surface area contributed by atoms with Crippen molar-refractivity contribution in [2.75, 3.05) is 0 Å². The lowest BCUT2D eigenvalue weighted by molar-refractivity contribution is -0.141. The average molecular weight is 445 g/mol. The summed E-state index contributed by atoms with van der Waals surface area (Å²) in [6.07, 6.45) is -0.0938. The number of rotatable bonds is 6. The first-order valence-electron chi connectivity index (χ1n) is 7.05. The van der Waals surface area contributed by atoms with Crippen LogP contribution in [-0.4, -0.2) is 23.0 Å². The molecule has 7 heteroatoms. The topological polar surface area (TPSA) is 66.4 Å². The second-order valence-electron chi connectivity index (χ2n) is 5.21. The Morgan fingerprint density at radius 3 is 2.25 bits per heavy atom. The number of carbonyl (C=O) groups is 2. The predicted octanol–water partition coefficient (Wildman–Crippen LogP) is 2.92. The molecule has 24 heavy (non-hydrogen) atoms. The van der Waals surface area contributed by atoms with Crippen LogP contribution in [0.5, 0.6) is 0 Å². The molecule has 0 unspecified atom stereocenters. The lowest BCUT2D eigenvalue weighted by Gasteiger charge is -2.15. The van der Waals surface area contributed by atoms with Crippen LogP contribution in [0.15, 0.2) is 42.5 Å². The van der Waals surface area contributed by atoms with E-state index in [1.54, 1.807) is 12.1 Å². The Hall–Kier alpha value is -2.03. The summed E-state index contributed by atoms with van der Waals surface area (Å²) >= 11 is 2.14. The number of carboxylic acid groups (broad SMARTS) is 1. The molecule has 1 atom stereocenters. The second-order valence-corrected chi connectivity index (χ2v) is 6.46. The van der Waals surface area contributed by atoms with Crippen molar-refractivity contribution >= 4 is 34.5 Å². The quantitative estimate of drug-likeness (QED) is 0.673. The molecule has 0 aliphatic heterocycles. The second kappa shape index (κ2) is 8.18. The summed E-state index contributed by atoms with van der Waals surface area (Å²) in [5, 5.41) is 11.7. The van der Waals surface area contributed by atoms with E-state index in [9.17, 15) is 23.5 Å². The summed E-state index contributed by atoms with van der Waals surface area (Å²) < 4.78 is 27.0. The van der Waals surface area contributed by atoms with Gasteiger partial charge in [-0.15, -0.1) is 0 Å². The molecule has 0 aromatic heterocycles. The lowest BCUT2D eigenvalue weighted by Crippen LogP contribution is -2.43. The van der Waals surface area contributed by atoms with Crippen molar-refractivity contribution in [1.29, 1.82) is 0 Å². The number of nitrogens with one attached hydrogen (secondary N) is 1. The fraction of sp³-hybridized carbons (Fsp3) is 0.176. The van der Waals surface area contributed by atoms with Crippen LogP contribution in [0.4, 0.5) is 8.78 Å². The Labute approximate surface area is 151 Å². The van der Waals surface area contributed by atoms with Crippen molar-refractivity contribution in [3.63, 3.8) is 0 Å². The Kier molecular flexibility index (Phi) is 6.24. The van der Waals surface area contributed by atoms with Gasteiger partial charge in [0.1, 0.15) is 6.04 Å². The number of hydrogen-bond acceptors (Lipinski definition) is 2. The maximum atomic E-state index is 13.1. The van der Waals surface area contributed by atoms with E-state index in [2.05, 4.69) is 27.9 Å². The minimum atomic E-state index is -1.16. The molecule has 4 nitrogen and oxygen atoms in total. The maximum Gasteiger partial charge on any atom is 0.326 e. The van der Waals surface area contributed by atoms with Crippen molar-refractivity contribution in [3.05, 3.63) is 68.8 Å². The van der Waals surface area contributed by atoms with Gasteiger partial charge in [-0.05, 0) is 58.0 Å². The molecule has 2 N–H and O–H groups in total. The Balaban J connectivity index is 2.01. The third-order valence-corrected chi connectivity index (χ3v) is 4.05. The van der Waals surface area contributed by atoms with Crippen molar-refractivity contribution in [2.45, 2.75) is 18.9 Å². The molecule has 0 saturated carbocycles. The van der Waals surface area contributed by atoms with Crippen LogP contribution in [0.3, 0.4) is 0 Å². The van der Waals surface area contributed by atoms with Gasteiger partial charge in [0, 0.05) is 9.99 Å². The fourth-order valence-corrected chi connectivity index (χ4v) is 2.50. The zero-order valence-electron chi connectivity index (χ0n) is 12.4. The summed E-state index contributed by atoms with van der Waals surface area (Å²) in [6, 6.07) is 9.31. The summed E-state index contributed by atoms with van der Waals surface area (Å²) in [5.74, 6) is -3.78. The van der Waals surface area contributed by atoms with E-state index in [4.69, 9.17) is 0 Å². The standard InChI is InChI=1S/C17H14F2INO3/c18-13-6-3-11(7-14(13)19)9-16(22)21-15(17(23)24)8-10-1-4-12(20)5-2-10/h1-7,15H,8-9H2,(H,21,22)(H,23,24)/t15-/m1/s1. The summed E-state index contributed by atoms with van der Waals surface area (Å²) in [7, 11) is 0. The molecule has 0 radical (unpaired) electrons. The predicted molar refractivity (Wildman–Crippen MR) is 92.5 cm³/mol. The Morgan fingerprint density at radius 2 is 1.67 bits per heavy atom. The van der Waals surface area contributed by atoms with Crippen LogP contribution in [0, 0.1) is 15.2 Å². The van der Waals surface area contributed by atoms with Crippen LogP contribution in [0.25, 0.3) is 0 Å². The Bertz CT molecular complexity index is 750. The van der Waals surface area contributed by atoms with Crippen LogP contribution >= 0.6 is 22.6 Å². The summed E-state index contributed by atoms with van der Waals surface area (Å²) in [5.41, 5.74) is 1.04. The minimum absolute atomic E-state index is 0.135. The highest BCUT2D eigenvalue weighted by Crippen LogP contribution is 2.11. The third-order valence-electron chi connectivity index (χ3n) is 3.34. The number of aliphatic carboxylic acids is 1. The zero-order valence-corrected chi connectivity index (χ0v) is 14.6. The van der Waals surface area contributed by atoms with Crippen LogP contribution < -0.4 is 5.32 Å². The molecule has 0 aliphatic carbocycles. The van der Waals surface area contributed by atoms with E-state index in [1.165, 1.54) is 6.07 Å². The number of amides is 1. The fourth-order valence-electron chi connectivity index (χ4n) is 2.14. The molecule has 0 spiro atoms. The van der Waals surface area contributed by atoms with Crippen molar-refractivity contribution < 1.29 is 23.5 Å². The first-order chi connectivity index (χ1) is 11.3. The molecule has 126 valence electrons. The average Bonchev–Trinajstić information content (AvgIpc) is 2.52. The zero-order chi connectivity index (χ0) is 17.7. The molecule has 0 fully saturated rings. The van der Waals surface area contributed by atoms with E-state index in [0.29, 0.717) is 0 Å². The Morgan fingerprint density at radius 1 is 1.04 bits per heavy atom. The highest BCUT2D eigenvalue weighted by molar-refractivity contribution is 14.1. The minimum Gasteiger partial charge on any atom is -0.480 e. The first kappa shape index (κ1) is 18.3. The van der Waals surface area contributed by atoms with E-state index in [0.717, 1.165) is 21.3 Å². The number of carbonyl (C=O) groups excluding carboxylic acids is 1. The van der Waals surface area contributed by atoms with E-state index >= 15 is 0 Å². The lowest BCUT2D eigenvalue weighted by atomic mass is 10.1. The number of hydrogen-bond donors (Lipinski definition) is 2. The molecule has 0 heterocycles. The number of carboxylic acids is 1. The van der Waals surface area contributed by atoms with Gasteiger partial charge in [-0.2, -0.15) is 0 Å². The molecular formula is C17H14F2INO3. The SMILES string of the molecule is O=C(Cc1ccc(F)c(F)c1)N[C@H](Cc1ccc(I)cc1)C(=O)O. The van der Waals surface area contributed by atoms with E-state index in [1.807, 2.05) is 12.1 Å². The normalized spacial score (nSPS) is 11.8. The summed E-state index contributed by atoms with van der Waals surface area (Å²) in [6.45, 7) is 0. The highest BCUT2D eigenvalue weighted by atomic mass is 127. The first-order valence-corrected chi connectivity index (χ1v) is 8.13. The largest absolute Gasteiger partial charge is 0.480 e. The van der Waals surface area contributed by atoms with Crippen LogP contribution in [0.2, 0.25) is 0 Å². The highest BCUT2D eigenvalue weighted by Gasteiger charge is 2.20. The third kappa shape index (κ3) is 5.26. The monoisotopic (exact) mass is 445 g/mol. The maximum absolute atomic E-state index is 13.1.